The van der Waals surface area contributed by atoms with Crippen molar-refractivity contribution < 1.29 is 14.2 Å². The number of benzene rings is 2. The lowest BCUT2D eigenvalue weighted by Crippen LogP contribution is -2.44. The molecule has 6 nitrogen and oxygen atoms in total. The van der Waals surface area contributed by atoms with E-state index in [4.69, 9.17) is 14.2 Å². The molecule has 1 aliphatic heterocycles. The fourth-order valence-electron chi connectivity index (χ4n) is 3.02. The van der Waals surface area contributed by atoms with Crippen LogP contribution in [-0.2, 0) is 0 Å². The molecule has 2 atom stereocenters. The van der Waals surface area contributed by atoms with E-state index in [1.165, 1.54) is 0 Å². The highest BCUT2D eigenvalue weighted by molar-refractivity contribution is 14.0. The van der Waals surface area contributed by atoms with Crippen molar-refractivity contribution in [2.75, 3.05) is 27.3 Å². The van der Waals surface area contributed by atoms with Crippen molar-refractivity contribution in [3.05, 3.63) is 54.1 Å². The zero-order valence-electron chi connectivity index (χ0n) is 16.5. The van der Waals surface area contributed by atoms with Crippen molar-refractivity contribution in [2.24, 2.45) is 4.99 Å². The van der Waals surface area contributed by atoms with Gasteiger partial charge in [-0.25, -0.2) is 0 Å². The summed E-state index contributed by atoms with van der Waals surface area (Å²) in [4.78, 5) is 4.34. The summed E-state index contributed by atoms with van der Waals surface area (Å²) in [6.07, 6.45) is 0.884. The second-order valence-corrected chi connectivity index (χ2v) is 6.43. The van der Waals surface area contributed by atoms with Crippen LogP contribution in [-0.4, -0.2) is 39.4 Å². The number of fused-ring (bicyclic) bond motifs is 1. The minimum Gasteiger partial charge on any atom is -0.497 e. The smallest absolute Gasteiger partial charge is 0.191 e. The maximum absolute atomic E-state index is 5.93. The van der Waals surface area contributed by atoms with Gasteiger partial charge in [0, 0.05) is 19.0 Å². The van der Waals surface area contributed by atoms with E-state index >= 15 is 0 Å². The number of para-hydroxylation sites is 1. The number of guanidine groups is 1. The molecule has 0 saturated heterocycles. The van der Waals surface area contributed by atoms with Crippen LogP contribution in [0.5, 0.6) is 17.2 Å². The first-order chi connectivity index (χ1) is 13.2. The van der Waals surface area contributed by atoms with E-state index in [1.54, 1.807) is 14.2 Å². The normalized spacial score (nSPS) is 16.7. The standard InChI is InChI=1S/C21H27N3O3.HI/c1-15(27-17-10-8-16(25-3)9-11-17)14-23-21(22-2)24-19-12-13-26-20-7-5-4-6-18(19)20;/h4-11,15,19H,12-14H2,1-3H3,(H2,22,23,24);1H. The Balaban J connectivity index is 0.00000280. The lowest BCUT2D eigenvalue weighted by atomic mass is 10.0. The van der Waals surface area contributed by atoms with Gasteiger partial charge in [-0.2, -0.15) is 0 Å². The number of ether oxygens (including phenoxy) is 3. The van der Waals surface area contributed by atoms with Gasteiger partial charge in [0.1, 0.15) is 23.4 Å². The first-order valence-corrected chi connectivity index (χ1v) is 9.19. The van der Waals surface area contributed by atoms with Gasteiger partial charge < -0.3 is 24.8 Å². The molecule has 0 spiro atoms. The molecule has 3 rings (SSSR count). The fourth-order valence-corrected chi connectivity index (χ4v) is 3.02. The highest BCUT2D eigenvalue weighted by atomic mass is 127. The minimum absolute atomic E-state index is 0. The number of rotatable bonds is 6. The van der Waals surface area contributed by atoms with E-state index in [-0.39, 0.29) is 36.1 Å². The van der Waals surface area contributed by atoms with Crippen LogP contribution in [0.2, 0.25) is 0 Å². The number of nitrogens with zero attached hydrogens (tertiary/aromatic N) is 1. The van der Waals surface area contributed by atoms with Crippen molar-refractivity contribution in [3.63, 3.8) is 0 Å². The van der Waals surface area contributed by atoms with Crippen LogP contribution in [0.25, 0.3) is 0 Å². The van der Waals surface area contributed by atoms with E-state index in [9.17, 15) is 0 Å². The summed E-state index contributed by atoms with van der Waals surface area (Å²) in [6, 6.07) is 15.9. The van der Waals surface area contributed by atoms with Crippen LogP contribution < -0.4 is 24.8 Å². The molecular formula is C21H28IN3O3. The molecule has 0 aromatic heterocycles. The van der Waals surface area contributed by atoms with Crippen LogP contribution in [0, 0.1) is 0 Å². The Labute approximate surface area is 183 Å². The number of halogens is 1. The Bertz CT molecular complexity index is 768. The quantitative estimate of drug-likeness (QED) is 0.362. The Morgan fingerprint density at radius 3 is 2.61 bits per heavy atom. The van der Waals surface area contributed by atoms with Crippen molar-refractivity contribution in [2.45, 2.75) is 25.5 Å². The molecule has 0 bridgehead atoms. The molecule has 0 amide bonds. The number of hydrogen-bond acceptors (Lipinski definition) is 4. The lowest BCUT2D eigenvalue weighted by Gasteiger charge is -2.28. The molecule has 0 saturated carbocycles. The molecule has 0 fully saturated rings. The molecule has 1 aliphatic rings. The second kappa shape index (κ2) is 11.0. The van der Waals surface area contributed by atoms with Crippen LogP contribution in [0.4, 0.5) is 0 Å². The van der Waals surface area contributed by atoms with E-state index < -0.39 is 0 Å². The summed E-state index contributed by atoms with van der Waals surface area (Å²) in [6.45, 7) is 3.35. The average Bonchev–Trinajstić information content (AvgIpc) is 2.71. The van der Waals surface area contributed by atoms with Crippen molar-refractivity contribution in [3.8, 4) is 17.2 Å². The molecule has 7 heteroatoms. The summed E-state index contributed by atoms with van der Waals surface area (Å²) in [5, 5.41) is 6.82. The molecule has 0 aliphatic carbocycles. The van der Waals surface area contributed by atoms with Gasteiger partial charge >= 0.3 is 0 Å². The summed E-state index contributed by atoms with van der Waals surface area (Å²) in [5.74, 6) is 3.32. The van der Waals surface area contributed by atoms with Crippen molar-refractivity contribution in [1.29, 1.82) is 0 Å². The van der Waals surface area contributed by atoms with Crippen LogP contribution in [0.15, 0.2) is 53.5 Å². The Morgan fingerprint density at radius 2 is 1.89 bits per heavy atom. The predicted molar refractivity (Wildman–Crippen MR) is 122 cm³/mol. The lowest BCUT2D eigenvalue weighted by molar-refractivity contribution is 0.223. The maximum Gasteiger partial charge on any atom is 0.191 e. The van der Waals surface area contributed by atoms with Crippen LogP contribution >= 0.6 is 24.0 Å². The van der Waals surface area contributed by atoms with Crippen molar-refractivity contribution in [1.82, 2.24) is 10.6 Å². The van der Waals surface area contributed by atoms with E-state index in [1.807, 2.05) is 49.4 Å². The zero-order valence-corrected chi connectivity index (χ0v) is 18.8. The largest absolute Gasteiger partial charge is 0.497 e. The van der Waals surface area contributed by atoms with Gasteiger partial charge in [0.15, 0.2) is 5.96 Å². The Morgan fingerprint density at radius 1 is 1.18 bits per heavy atom. The summed E-state index contributed by atoms with van der Waals surface area (Å²) in [7, 11) is 3.42. The molecule has 152 valence electrons. The van der Waals surface area contributed by atoms with E-state index in [0.717, 1.165) is 35.2 Å². The third-order valence-electron chi connectivity index (χ3n) is 4.45. The molecule has 2 aromatic rings. The highest BCUT2D eigenvalue weighted by Gasteiger charge is 2.21. The number of aliphatic imine (C=N–C) groups is 1. The summed E-state index contributed by atoms with van der Waals surface area (Å²) >= 11 is 0. The van der Waals surface area contributed by atoms with Crippen molar-refractivity contribution >= 4 is 29.9 Å². The SMILES string of the molecule is CN=C(NCC(C)Oc1ccc(OC)cc1)NC1CCOc2ccccc21.I. The molecule has 2 N–H and O–H groups in total. The molecule has 28 heavy (non-hydrogen) atoms. The summed E-state index contributed by atoms with van der Waals surface area (Å²) < 4.78 is 16.8. The van der Waals surface area contributed by atoms with Gasteiger partial charge in [-0.15, -0.1) is 24.0 Å². The first kappa shape index (κ1) is 22.1. The molecule has 0 radical (unpaired) electrons. The molecular weight excluding hydrogens is 469 g/mol. The summed E-state index contributed by atoms with van der Waals surface area (Å²) in [5.41, 5.74) is 1.16. The fraction of sp³-hybridized carbons (Fsp3) is 0.381. The maximum atomic E-state index is 5.93. The predicted octanol–water partition coefficient (Wildman–Crippen LogP) is 3.77. The third-order valence-corrected chi connectivity index (χ3v) is 4.45. The van der Waals surface area contributed by atoms with Gasteiger partial charge in [-0.1, -0.05) is 18.2 Å². The molecule has 2 aromatic carbocycles. The molecule has 1 heterocycles. The number of hydrogen-bond donors (Lipinski definition) is 2. The Kier molecular flexibility index (Phi) is 8.69. The van der Waals surface area contributed by atoms with Gasteiger partial charge in [-0.05, 0) is 37.3 Å². The van der Waals surface area contributed by atoms with Gasteiger partial charge in [0.05, 0.1) is 26.3 Å². The topological polar surface area (TPSA) is 64.1 Å². The minimum atomic E-state index is -0.0149. The first-order valence-electron chi connectivity index (χ1n) is 9.19. The van der Waals surface area contributed by atoms with Crippen LogP contribution in [0.1, 0.15) is 24.9 Å². The van der Waals surface area contributed by atoms with Gasteiger partial charge in [0.2, 0.25) is 0 Å². The number of nitrogens with one attached hydrogen (secondary N) is 2. The zero-order chi connectivity index (χ0) is 19.1. The second-order valence-electron chi connectivity index (χ2n) is 6.43. The van der Waals surface area contributed by atoms with Gasteiger partial charge in [-0.3, -0.25) is 4.99 Å². The highest BCUT2D eigenvalue weighted by Crippen LogP contribution is 2.31. The molecule has 2 unspecified atom stereocenters. The van der Waals surface area contributed by atoms with Crippen LogP contribution in [0.3, 0.4) is 0 Å². The third kappa shape index (κ3) is 5.92. The monoisotopic (exact) mass is 497 g/mol. The van der Waals surface area contributed by atoms with Gasteiger partial charge in [0.25, 0.3) is 0 Å². The van der Waals surface area contributed by atoms with E-state index in [0.29, 0.717) is 13.2 Å². The average molecular weight is 497 g/mol. The Hall–Kier alpha value is -2.16. The van der Waals surface area contributed by atoms with E-state index in [2.05, 4.69) is 21.7 Å². The number of methoxy groups -OCH3 is 1.